The van der Waals surface area contributed by atoms with Crippen molar-refractivity contribution in [3.05, 3.63) is 42.2 Å². The summed E-state index contributed by atoms with van der Waals surface area (Å²) in [6.07, 6.45) is 3.75. The quantitative estimate of drug-likeness (QED) is 0.858. The molecule has 4 nitrogen and oxygen atoms in total. The van der Waals surface area contributed by atoms with Gasteiger partial charge in [-0.2, -0.15) is 0 Å². The molecule has 0 amide bonds. The fourth-order valence-electron chi connectivity index (χ4n) is 1.81. The lowest BCUT2D eigenvalue weighted by atomic mass is 10.1. The standard InChI is InChI=1S/C15H19N3O/c1-3-5-12-6-8-13(9-7-12)19-15-10-14(16-4-2)17-11-18-15/h6-11H,3-5H2,1-2H3,(H,16,17,18). The molecule has 19 heavy (non-hydrogen) atoms. The molecular formula is C15H19N3O. The number of aryl methyl sites for hydroxylation is 1. The van der Waals surface area contributed by atoms with Crippen molar-refractivity contribution in [2.24, 2.45) is 0 Å². The summed E-state index contributed by atoms with van der Waals surface area (Å²) in [5.41, 5.74) is 1.32. The highest BCUT2D eigenvalue weighted by Gasteiger charge is 2.01. The predicted octanol–water partition coefficient (Wildman–Crippen LogP) is 3.65. The van der Waals surface area contributed by atoms with E-state index in [0.717, 1.165) is 31.0 Å². The largest absolute Gasteiger partial charge is 0.439 e. The van der Waals surface area contributed by atoms with Crippen LogP contribution in [0.25, 0.3) is 0 Å². The van der Waals surface area contributed by atoms with E-state index in [1.165, 1.54) is 11.9 Å². The molecular weight excluding hydrogens is 238 g/mol. The van der Waals surface area contributed by atoms with E-state index in [4.69, 9.17) is 4.74 Å². The summed E-state index contributed by atoms with van der Waals surface area (Å²) in [6, 6.07) is 9.92. The van der Waals surface area contributed by atoms with E-state index in [9.17, 15) is 0 Å². The Balaban J connectivity index is 2.05. The molecule has 1 aromatic heterocycles. The Morgan fingerprint density at radius 3 is 2.58 bits per heavy atom. The van der Waals surface area contributed by atoms with E-state index in [0.29, 0.717) is 5.88 Å². The molecule has 0 aliphatic heterocycles. The first kappa shape index (κ1) is 13.3. The van der Waals surface area contributed by atoms with Gasteiger partial charge in [0.15, 0.2) is 0 Å². The third-order valence-electron chi connectivity index (χ3n) is 2.68. The summed E-state index contributed by atoms with van der Waals surface area (Å²) in [4.78, 5) is 8.21. The Morgan fingerprint density at radius 2 is 1.89 bits per heavy atom. The van der Waals surface area contributed by atoms with Crippen molar-refractivity contribution >= 4 is 5.82 Å². The van der Waals surface area contributed by atoms with Crippen LogP contribution in [0.4, 0.5) is 5.82 Å². The molecule has 1 heterocycles. The van der Waals surface area contributed by atoms with Gasteiger partial charge in [0.25, 0.3) is 0 Å². The molecule has 0 unspecified atom stereocenters. The first-order valence-corrected chi connectivity index (χ1v) is 6.64. The minimum absolute atomic E-state index is 0.550. The van der Waals surface area contributed by atoms with Crippen molar-refractivity contribution in [3.63, 3.8) is 0 Å². The monoisotopic (exact) mass is 257 g/mol. The van der Waals surface area contributed by atoms with Crippen LogP contribution >= 0.6 is 0 Å². The predicted molar refractivity (Wildman–Crippen MR) is 76.7 cm³/mol. The summed E-state index contributed by atoms with van der Waals surface area (Å²) in [7, 11) is 0. The van der Waals surface area contributed by atoms with Gasteiger partial charge >= 0.3 is 0 Å². The fraction of sp³-hybridized carbons (Fsp3) is 0.333. The smallest absolute Gasteiger partial charge is 0.224 e. The van der Waals surface area contributed by atoms with Gasteiger partial charge in [0, 0.05) is 12.6 Å². The number of hydrogen-bond acceptors (Lipinski definition) is 4. The number of benzene rings is 1. The van der Waals surface area contributed by atoms with Gasteiger partial charge in [-0.25, -0.2) is 9.97 Å². The number of hydrogen-bond donors (Lipinski definition) is 1. The van der Waals surface area contributed by atoms with Crippen molar-refractivity contribution in [1.29, 1.82) is 0 Å². The summed E-state index contributed by atoms with van der Waals surface area (Å²) in [6.45, 7) is 5.02. The normalized spacial score (nSPS) is 10.2. The molecule has 0 atom stereocenters. The topological polar surface area (TPSA) is 47.0 Å². The van der Waals surface area contributed by atoms with E-state index >= 15 is 0 Å². The van der Waals surface area contributed by atoms with E-state index in [1.54, 1.807) is 6.07 Å². The first-order valence-electron chi connectivity index (χ1n) is 6.64. The van der Waals surface area contributed by atoms with Gasteiger partial charge in [0.2, 0.25) is 5.88 Å². The van der Waals surface area contributed by atoms with E-state index in [1.807, 2.05) is 19.1 Å². The summed E-state index contributed by atoms with van der Waals surface area (Å²) in [5, 5.41) is 3.13. The Labute approximate surface area is 113 Å². The lowest BCUT2D eigenvalue weighted by Gasteiger charge is -2.07. The number of ether oxygens (including phenoxy) is 1. The average molecular weight is 257 g/mol. The molecule has 0 saturated heterocycles. The number of aromatic nitrogens is 2. The zero-order valence-corrected chi connectivity index (χ0v) is 11.4. The Morgan fingerprint density at radius 1 is 1.11 bits per heavy atom. The molecule has 1 aromatic carbocycles. The number of nitrogens with one attached hydrogen (secondary N) is 1. The second-order valence-electron chi connectivity index (χ2n) is 4.27. The SMILES string of the molecule is CCCc1ccc(Oc2cc(NCC)ncn2)cc1. The molecule has 0 aliphatic rings. The Hall–Kier alpha value is -2.10. The maximum Gasteiger partial charge on any atom is 0.224 e. The van der Waals surface area contributed by atoms with Crippen LogP contribution in [0.15, 0.2) is 36.7 Å². The minimum Gasteiger partial charge on any atom is -0.439 e. The maximum absolute atomic E-state index is 5.71. The van der Waals surface area contributed by atoms with Crippen LogP contribution in [-0.2, 0) is 6.42 Å². The lowest BCUT2D eigenvalue weighted by molar-refractivity contribution is 0.461. The zero-order chi connectivity index (χ0) is 13.5. The minimum atomic E-state index is 0.550. The Kier molecular flexibility index (Phi) is 4.72. The van der Waals surface area contributed by atoms with E-state index in [2.05, 4.69) is 34.3 Å². The van der Waals surface area contributed by atoms with Crippen LogP contribution in [0.3, 0.4) is 0 Å². The number of anilines is 1. The highest BCUT2D eigenvalue weighted by molar-refractivity contribution is 5.39. The van der Waals surface area contributed by atoms with Gasteiger partial charge in [0.1, 0.15) is 17.9 Å². The summed E-state index contributed by atoms with van der Waals surface area (Å²) < 4.78 is 5.71. The van der Waals surface area contributed by atoms with Crippen LogP contribution in [0.2, 0.25) is 0 Å². The second kappa shape index (κ2) is 6.73. The second-order valence-corrected chi connectivity index (χ2v) is 4.27. The maximum atomic E-state index is 5.71. The van der Waals surface area contributed by atoms with Gasteiger partial charge < -0.3 is 10.1 Å². The van der Waals surface area contributed by atoms with Crippen molar-refractivity contribution in [2.75, 3.05) is 11.9 Å². The molecule has 4 heteroatoms. The first-order chi connectivity index (χ1) is 9.31. The molecule has 0 aliphatic carbocycles. The molecule has 2 aromatic rings. The van der Waals surface area contributed by atoms with Gasteiger partial charge in [-0.15, -0.1) is 0 Å². The zero-order valence-electron chi connectivity index (χ0n) is 11.4. The van der Waals surface area contributed by atoms with Crippen LogP contribution in [-0.4, -0.2) is 16.5 Å². The van der Waals surface area contributed by atoms with Crippen molar-refractivity contribution in [1.82, 2.24) is 9.97 Å². The van der Waals surface area contributed by atoms with Crippen molar-refractivity contribution in [2.45, 2.75) is 26.7 Å². The van der Waals surface area contributed by atoms with Crippen LogP contribution in [0.5, 0.6) is 11.6 Å². The average Bonchev–Trinajstić information content (AvgIpc) is 2.42. The highest BCUT2D eigenvalue weighted by atomic mass is 16.5. The molecule has 0 radical (unpaired) electrons. The summed E-state index contributed by atoms with van der Waals surface area (Å²) >= 11 is 0. The van der Waals surface area contributed by atoms with Crippen LogP contribution in [0.1, 0.15) is 25.8 Å². The fourth-order valence-corrected chi connectivity index (χ4v) is 1.81. The van der Waals surface area contributed by atoms with Gasteiger partial charge in [0.05, 0.1) is 0 Å². The molecule has 0 spiro atoms. The van der Waals surface area contributed by atoms with Crippen molar-refractivity contribution in [3.8, 4) is 11.6 Å². The Bertz CT molecular complexity index is 511. The lowest BCUT2D eigenvalue weighted by Crippen LogP contribution is -2.00. The molecule has 100 valence electrons. The molecule has 0 fully saturated rings. The molecule has 0 bridgehead atoms. The third kappa shape index (κ3) is 3.95. The van der Waals surface area contributed by atoms with E-state index < -0.39 is 0 Å². The summed E-state index contributed by atoms with van der Waals surface area (Å²) in [5.74, 6) is 2.12. The number of nitrogens with zero attached hydrogens (tertiary/aromatic N) is 2. The van der Waals surface area contributed by atoms with Crippen LogP contribution in [0, 0.1) is 0 Å². The van der Waals surface area contributed by atoms with Gasteiger partial charge in [-0.3, -0.25) is 0 Å². The number of rotatable bonds is 6. The molecule has 1 N–H and O–H groups in total. The van der Waals surface area contributed by atoms with Gasteiger partial charge in [-0.1, -0.05) is 25.5 Å². The van der Waals surface area contributed by atoms with Crippen molar-refractivity contribution < 1.29 is 4.74 Å². The van der Waals surface area contributed by atoms with Crippen LogP contribution < -0.4 is 10.1 Å². The van der Waals surface area contributed by atoms with E-state index in [-0.39, 0.29) is 0 Å². The molecule has 2 rings (SSSR count). The molecule has 0 saturated carbocycles. The van der Waals surface area contributed by atoms with Gasteiger partial charge in [-0.05, 0) is 31.0 Å². The highest BCUT2D eigenvalue weighted by Crippen LogP contribution is 2.21. The third-order valence-corrected chi connectivity index (χ3v) is 2.68.